The molecule has 0 atom stereocenters. The Balaban J connectivity index is 2.03. The SMILES string of the molecule is NC1CCN(C(=O)c2ccccn2)CC1. The van der Waals surface area contributed by atoms with Crippen molar-refractivity contribution in [1.29, 1.82) is 0 Å². The van der Waals surface area contributed by atoms with Crippen LogP contribution in [0.25, 0.3) is 0 Å². The second-order valence-corrected chi connectivity index (χ2v) is 3.84. The first-order chi connectivity index (χ1) is 7.27. The molecule has 0 spiro atoms. The third-order valence-electron chi connectivity index (χ3n) is 2.71. The van der Waals surface area contributed by atoms with Gasteiger partial charge >= 0.3 is 0 Å². The van der Waals surface area contributed by atoms with Gasteiger partial charge in [-0.05, 0) is 25.0 Å². The molecule has 1 aliphatic heterocycles. The van der Waals surface area contributed by atoms with Gasteiger partial charge < -0.3 is 10.6 Å². The number of carbonyl (C=O) groups is 1. The molecule has 1 amide bonds. The molecule has 4 heteroatoms. The zero-order chi connectivity index (χ0) is 10.7. The summed E-state index contributed by atoms with van der Waals surface area (Å²) in [6.07, 6.45) is 3.42. The van der Waals surface area contributed by atoms with Crippen molar-refractivity contribution < 1.29 is 4.79 Å². The summed E-state index contributed by atoms with van der Waals surface area (Å²) in [5.74, 6) is 0.0162. The molecule has 0 unspecified atom stereocenters. The summed E-state index contributed by atoms with van der Waals surface area (Å²) in [5.41, 5.74) is 6.30. The van der Waals surface area contributed by atoms with Crippen molar-refractivity contribution in [2.24, 2.45) is 5.73 Å². The maximum absolute atomic E-state index is 11.9. The second kappa shape index (κ2) is 4.40. The van der Waals surface area contributed by atoms with E-state index in [9.17, 15) is 4.79 Å². The molecule has 0 aliphatic carbocycles. The normalized spacial score (nSPS) is 17.8. The average molecular weight is 205 g/mol. The molecule has 80 valence electrons. The highest BCUT2D eigenvalue weighted by atomic mass is 16.2. The van der Waals surface area contributed by atoms with Gasteiger partial charge in [-0.1, -0.05) is 6.07 Å². The van der Waals surface area contributed by atoms with Crippen LogP contribution in [0, 0.1) is 0 Å². The quantitative estimate of drug-likeness (QED) is 0.732. The summed E-state index contributed by atoms with van der Waals surface area (Å²) in [6, 6.07) is 5.63. The number of nitrogens with two attached hydrogens (primary N) is 1. The van der Waals surface area contributed by atoms with E-state index in [1.54, 1.807) is 12.3 Å². The summed E-state index contributed by atoms with van der Waals surface area (Å²) in [7, 11) is 0. The van der Waals surface area contributed by atoms with Gasteiger partial charge in [0.15, 0.2) is 0 Å². The minimum absolute atomic E-state index is 0.0162. The number of nitrogens with zero attached hydrogens (tertiary/aromatic N) is 2. The molecule has 2 heterocycles. The Morgan fingerprint density at radius 3 is 2.73 bits per heavy atom. The second-order valence-electron chi connectivity index (χ2n) is 3.84. The fourth-order valence-electron chi connectivity index (χ4n) is 1.75. The van der Waals surface area contributed by atoms with Crippen molar-refractivity contribution in [1.82, 2.24) is 9.88 Å². The van der Waals surface area contributed by atoms with Crippen LogP contribution >= 0.6 is 0 Å². The minimum atomic E-state index is 0.0162. The lowest BCUT2D eigenvalue weighted by molar-refractivity contribution is 0.0709. The summed E-state index contributed by atoms with van der Waals surface area (Å²) in [4.78, 5) is 17.8. The third-order valence-corrected chi connectivity index (χ3v) is 2.71. The summed E-state index contributed by atoms with van der Waals surface area (Å²) >= 11 is 0. The van der Waals surface area contributed by atoms with E-state index in [0.717, 1.165) is 25.9 Å². The fraction of sp³-hybridized carbons (Fsp3) is 0.455. The van der Waals surface area contributed by atoms with E-state index in [-0.39, 0.29) is 11.9 Å². The lowest BCUT2D eigenvalue weighted by Crippen LogP contribution is -2.43. The zero-order valence-electron chi connectivity index (χ0n) is 8.60. The van der Waals surface area contributed by atoms with Gasteiger partial charge in [-0.2, -0.15) is 0 Å². The molecule has 0 bridgehead atoms. The monoisotopic (exact) mass is 205 g/mol. The van der Waals surface area contributed by atoms with E-state index in [0.29, 0.717) is 5.69 Å². The predicted octanol–water partition coefficient (Wildman–Crippen LogP) is 0.645. The molecule has 1 aromatic rings. The molecule has 2 rings (SSSR count). The molecular formula is C11H15N3O. The number of carbonyl (C=O) groups excluding carboxylic acids is 1. The Hall–Kier alpha value is -1.42. The van der Waals surface area contributed by atoms with Crippen molar-refractivity contribution in [3.05, 3.63) is 30.1 Å². The molecule has 1 saturated heterocycles. The minimum Gasteiger partial charge on any atom is -0.337 e. The molecule has 2 N–H and O–H groups in total. The van der Waals surface area contributed by atoms with Crippen LogP contribution in [0.2, 0.25) is 0 Å². The number of hydrogen-bond donors (Lipinski definition) is 1. The van der Waals surface area contributed by atoms with E-state index in [1.807, 2.05) is 17.0 Å². The van der Waals surface area contributed by atoms with Crippen molar-refractivity contribution in [2.45, 2.75) is 18.9 Å². The van der Waals surface area contributed by atoms with Crippen molar-refractivity contribution in [3.8, 4) is 0 Å². The predicted molar refractivity (Wildman–Crippen MR) is 57.3 cm³/mol. The number of pyridine rings is 1. The largest absolute Gasteiger partial charge is 0.337 e. The van der Waals surface area contributed by atoms with Crippen LogP contribution in [-0.2, 0) is 0 Å². The van der Waals surface area contributed by atoms with Crippen LogP contribution in [-0.4, -0.2) is 34.9 Å². The Kier molecular flexibility index (Phi) is 2.97. The van der Waals surface area contributed by atoms with Gasteiger partial charge in [-0.25, -0.2) is 0 Å². The molecule has 0 aromatic carbocycles. The number of rotatable bonds is 1. The molecule has 4 nitrogen and oxygen atoms in total. The maximum Gasteiger partial charge on any atom is 0.272 e. The smallest absolute Gasteiger partial charge is 0.272 e. The van der Waals surface area contributed by atoms with Crippen molar-refractivity contribution >= 4 is 5.91 Å². The highest BCUT2D eigenvalue weighted by Crippen LogP contribution is 2.11. The Morgan fingerprint density at radius 2 is 2.13 bits per heavy atom. The van der Waals surface area contributed by atoms with Gasteiger partial charge in [0.25, 0.3) is 5.91 Å². The average Bonchev–Trinajstić information content (AvgIpc) is 2.30. The van der Waals surface area contributed by atoms with Gasteiger partial charge in [0.05, 0.1) is 0 Å². The number of amides is 1. The molecule has 0 radical (unpaired) electrons. The van der Waals surface area contributed by atoms with E-state index >= 15 is 0 Å². The van der Waals surface area contributed by atoms with Gasteiger partial charge in [-0.3, -0.25) is 9.78 Å². The lowest BCUT2D eigenvalue weighted by atomic mass is 10.1. The van der Waals surface area contributed by atoms with E-state index in [4.69, 9.17) is 5.73 Å². The zero-order valence-corrected chi connectivity index (χ0v) is 8.60. The number of piperidine rings is 1. The van der Waals surface area contributed by atoms with Crippen LogP contribution in [0.4, 0.5) is 0 Å². The Bertz CT molecular complexity index is 331. The molecule has 0 saturated carbocycles. The topological polar surface area (TPSA) is 59.2 Å². The molecule has 1 fully saturated rings. The van der Waals surface area contributed by atoms with Gasteiger partial charge in [0.1, 0.15) is 5.69 Å². The highest BCUT2D eigenvalue weighted by molar-refractivity contribution is 5.92. The van der Waals surface area contributed by atoms with Crippen LogP contribution in [0.5, 0.6) is 0 Å². The standard InChI is InChI=1S/C11H15N3O/c12-9-4-7-14(8-5-9)11(15)10-3-1-2-6-13-10/h1-3,6,9H,4-5,7-8,12H2. The van der Waals surface area contributed by atoms with Crippen molar-refractivity contribution in [3.63, 3.8) is 0 Å². The third kappa shape index (κ3) is 2.33. The Labute approximate surface area is 89.1 Å². The first kappa shape index (κ1) is 10.1. The lowest BCUT2D eigenvalue weighted by Gasteiger charge is -2.29. The maximum atomic E-state index is 11.9. The van der Waals surface area contributed by atoms with Gasteiger partial charge in [0, 0.05) is 25.3 Å². The summed E-state index contributed by atoms with van der Waals surface area (Å²) in [6.45, 7) is 1.49. The van der Waals surface area contributed by atoms with Crippen molar-refractivity contribution in [2.75, 3.05) is 13.1 Å². The fourth-order valence-corrected chi connectivity index (χ4v) is 1.75. The highest BCUT2D eigenvalue weighted by Gasteiger charge is 2.21. The molecule has 1 aromatic heterocycles. The van der Waals surface area contributed by atoms with Crippen LogP contribution < -0.4 is 5.73 Å². The van der Waals surface area contributed by atoms with E-state index < -0.39 is 0 Å². The van der Waals surface area contributed by atoms with Crippen LogP contribution in [0.1, 0.15) is 23.3 Å². The van der Waals surface area contributed by atoms with Crippen LogP contribution in [0.3, 0.4) is 0 Å². The molecule has 1 aliphatic rings. The van der Waals surface area contributed by atoms with Gasteiger partial charge in [-0.15, -0.1) is 0 Å². The van der Waals surface area contributed by atoms with Crippen LogP contribution in [0.15, 0.2) is 24.4 Å². The summed E-state index contributed by atoms with van der Waals surface area (Å²) < 4.78 is 0. The number of likely N-dealkylation sites (tertiary alicyclic amines) is 1. The molecule has 15 heavy (non-hydrogen) atoms. The Morgan fingerprint density at radius 1 is 1.40 bits per heavy atom. The number of hydrogen-bond acceptors (Lipinski definition) is 3. The first-order valence-electron chi connectivity index (χ1n) is 5.23. The molecular weight excluding hydrogens is 190 g/mol. The number of aromatic nitrogens is 1. The van der Waals surface area contributed by atoms with Gasteiger partial charge in [0.2, 0.25) is 0 Å². The van der Waals surface area contributed by atoms with E-state index in [2.05, 4.69) is 4.98 Å². The first-order valence-corrected chi connectivity index (χ1v) is 5.23. The van der Waals surface area contributed by atoms with E-state index in [1.165, 1.54) is 0 Å². The summed E-state index contributed by atoms with van der Waals surface area (Å²) in [5, 5.41) is 0.